The molecule has 0 bridgehead atoms. The van der Waals surface area contributed by atoms with Crippen LogP contribution in [0.1, 0.15) is 17.7 Å². The second-order valence-electron chi connectivity index (χ2n) is 6.71. The smallest absolute Gasteiger partial charge is 0.199 e. The van der Waals surface area contributed by atoms with E-state index in [1.165, 1.54) is 6.07 Å². The fourth-order valence-corrected chi connectivity index (χ4v) is 4.10. The van der Waals surface area contributed by atoms with E-state index in [1.807, 2.05) is 34.9 Å². The molecule has 1 aromatic heterocycles. The first-order valence-corrected chi connectivity index (χ1v) is 8.29. The standard InChI is InChI=1S/C19H17FN4O/c20-13-6-3-7-14-16(13)17(21)23-19(22-14)8-9-24-15(10-19)11-4-1-2-5-12(11)18(24)25/h1-7,22,25H,8-10H2,(H2,21,23)/t19-/m1/s1. The van der Waals surface area contributed by atoms with Gasteiger partial charge >= 0.3 is 0 Å². The largest absolute Gasteiger partial charge is 0.494 e. The van der Waals surface area contributed by atoms with Gasteiger partial charge in [-0.15, -0.1) is 0 Å². The molecule has 0 amide bonds. The second kappa shape index (κ2) is 4.75. The van der Waals surface area contributed by atoms with Gasteiger partial charge in [0, 0.05) is 41.5 Å². The third-order valence-electron chi connectivity index (χ3n) is 5.24. The number of nitrogens with two attached hydrogens (primary N) is 1. The molecule has 126 valence electrons. The Bertz CT molecular complexity index is 1060. The lowest BCUT2D eigenvalue weighted by atomic mass is 9.92. The summed E-state index contributed by atoms with van der Waals surface area (Å²) in [6.45, 7) is 0.615. The molecule has 3 aromatic rings. The average molecular weight is 336 g/mol. The van der Waals surface area contributed by atoms with Crippen LogP contribution >= 0.6 is 0 Å². The molecule has 5 nitrogen and oxygen atoms in total. The predicted molar refractivity (Wildman–Crippen MR) is 95.4 cm³/mol. The van der Waals surface area contributed by atoms with E-state index in [-0.39, 0.29) is 11.7 Å². The van der Waals surface area contributed by atoms with Crippen molar-refractivity contribution in [3.8, 4) is 5.88 Å². The quantitative estimate of drug-likeness (QED) is 0.591. The van der Waals surface area contributed by atoms with Gasteiger partial charge in [-0.2, -0.15) is 0 Å². The van der Waals surface area contributed by atoms with Crippen LogP contribution in [-0.4, -0.2) is 21.2 Å². The van der Waals surface area contributed by atoms with Crippen LogP contribution in [0.25, 0.3) is 10.8 Å². The zero-order valence-corrected chi connectivity index (χ0v) is 13.5. The van der Waals surface area contributed by atoms with E-state index >= 15 is 0 Å². The first kappa shape index (κ1) is 14.3. The number of hydrogen-bond donors (Lipinski definition) is 3. The van der Waals surface area contributed by atoms with E-state index in [0.717, 1.165) is 16.5 Å². The number of halogens is 1. The highest BCUT2D eigenvalue weighted by Gasteiger charge is 2.40. The van der Waals surface area contributed by atoms with Crippen molar-refractivity contribution in [1.29, 1.82) is 0 Å². The molecule has 2 aliphatic rings. The summed E-state index contributed by atoms with van der Waals surface area (Å²) in [5.41, 5.74) is 7.51. The minimum atomic E-state index is -0.617. The molecule has 0 aliphatic carbocycles. The number of amidine groups is 1. The van der Waals surface area contributed by atoms with Gasteiger partial charge in [0.05, 0.1) is 5.56 Å². The van der Waals surface area contributed by atoms with Crippen molar-refractivity contribution >= 4 is 22.3 Å². The Kier molecular flexibility index (Phi) is 2.72. The summed E-state index contributed by atoms with van der Waals surface area (Å²) in [5, 5.41) is 15.8. The summed E-state index contributed by atoms with van der Waals surface area (Å²) >= 11 is 0. The molecular weight excluding hydrogens is 319 g/mol. The lowest BCUT2D eigenvalue weighted by molar-refractivity contribution is 0.331. The lowest BCUT2D eigenvalue weighted by Gasteiger charge is -2.39. The minimum Gasteiger partial charge on any atom is -0.494 e. The van der Waals surface area contributed by atoms with E-state index in [0.29, 0.717) is 36.5 Å². The van der Waals surface area contributed by atoms with Crippen molar-refractivity contribution in [2.45, 2.75) is 25.0 Å². The molecular formula is C19H17FN4O. The van der Waals surface area contributed by atoms with Crippen LogP contribution in [-0.2, 0) is 13.0 Å². The number of nitrogens with zero attached hydrogens (tertiary/aromatic N) is 2. The molecule has 25 heavy (non-hydrogen) atoms. The summed E-state index contributed by atoms with van der Waals surface area (Å²) in [4.78, 5) is 4.64. The van der Waals surface area contributed by atoms with E-state index in [9.17, 15) is 9.50 Å². The van der Waals surface area contributed by atoms with Gasteiger partial charge < -0.3 is 20.7 Å². The minimum absolute atomic E-state index is 0.223. The molecule has 5 rings (SSSR count). The molecule has 1 spiro atoms. The van der Waals surface area contributed by atoms with E-state index < -0.39 is 5.66 Å². The number of fused-ring (bicyclic) bond motifs is 4. The highest BCUT2D eigenvalue weighted by Crippen LogP contribution is 2.41. The summed E-state index contributed by atoms with van der Waals surface area (Å²) in [5.74, 6) is 0.142. The number of rotatable bonds is 0. The number of benzene rings is 2. The third-order valence-corrected chi connectivity index (χ3v) is 5.24. The Morgan fingerprint density at radius 1 is 1.16 bits per heavy atom. The van der Waals surface area contributed by atoms with Crippen molar-refractivity contribution in [2.75, 3.05) is 5.32 Å². The van der Waals surface area contributed by atoms with Gasteiger partial charge in [0.2, 0.25) is 0 Å². The molecule has 1 atom stereocenters. The Morgan fingerprint density at radius 2 is 1.96 bits per heavy atom. The van der Waals surface area contributed by atoms with Crippen LogP contribution < -0.4 is 11.1 Å². The fraction of sp³-hybridized carbons (Fsp3) is 0.211. The number of anilines is 1. The van der Waals surface area contributed by atoms with Crippen LogP contribution in [0.15, 0.2) is 47.5 Å². The number of hydrogen-bond acceptors (Lipinski definition) is 4. The maximum atomic E-state index is 14.1. The third kappa shape index (κ3) is 1.91. The number of aromatic nitrogens is 1. The van der Waals surface area contributed by atoms with Crippen molar-refractivity contribution < 1.29 is 9.50 Å². The number of aliphatic imine (C=N–C) groups is 1. The molecule has 4 N–H and O–H groups in total. The van der Waals surface area contributed by atoms with Crippen LogP contribution in [0.3, 0.4) is 0 Å². The first-order chi connectivity index (χ1) is 12.1. The molecule has 0 fully saturated rings. The monoisotopic (exact) mass is 336 g/mol. The predicted octanol–water partition coefficient (Wildman–Crippen LogP) is 2.96. The van der Waals surface area contributed by atoms with Crippen LogP contribution in [0.5, 0.6) is 5.88 Å². The SMILES string of the molecule is NC1=N[C@@]2(CCn3c(O)c4ccccc4c3C2)Nc2cccc(F)c21. The summed E-state index contributed by atoms with van der Waals surface area (Å²) < 4.78 is 16.0. The Hall–Kier alpha value is -3.02. The first-order valence-electron chi connectivity index (χ1n) is 8.29. The van der Waals surface area contributed by atoms with Crippen molar-refractivity contribution in [3.63, 3.8) is 0 Å². The van der Waals surface area contributed by atoms with E-state index in [1.54, 1.807) is 6.07 Å². The van der Waals surface area contributed by atoms with E-state index in [4.69, 9.17) is 5.73 Å². The van der Waals surface area contributed by atoms with E-state index in [2.05, 4.69) is 10.3 Å². The zero-order valence-electron chi connectivity index (χ0n) is 13.5. The normalized spacial score (nSPS) is 21.6. The maximum Gasteiger partial charge on any atom is 0.199 e. The lowest BCUT2D eigenvalue weighted by Crippen LogP contribution is -2.48. The zero-order chi connectivity index (χ0) is 17.2. The molecule has 0 saturated heterocycles. The van der Waals surface area contributed by atoms with Gasteiger partial charge in [-0.05, 0) is 18.2 Å². The molecule has 2 aliphatic heterocycles. The fourth-order valence-electron chi connectivity index (χ4n) is 4.10. The number of nitrogens with one attached hydrogen (secondary N) is 1. The van der Waals surface area contributed by atoms with Gasteiger partial charge in [-0.25, -0.2) is 9.38 Å². The topological polar surface area (TPSA) is 75.6 Å². The van der Waals surface area contributed by atoms with Crippen molar-refractivity contribution in [1.82, 2.24) is 4.57 Å². The second-order valence-corrected chi connectivity index (χ2v) is 6.71. The van der Waals surface area contributed by atoms with Crippen molar-refractivity contribution in [2.24, 2.45) is 10.7 Å². The molecule has 0 radical (unpaired) electrons. The molecule has 2 aromatic carbocycles. The Balaban J connectivity index is 1.65. The summed E-state index contributed by atoms with van der Waals surface area (Å²) in [6, 6.07) is 12.7. The average Bonchev–Trinajstić information content (AvgIpc) is 2.87. The Labute approximate surface area is 143 Å². The molecule has 0 saturated carbocycles. The van der Waals surface area contributed by atoms with Gasteiger partial charge in [0.25, 0.3) is 0 Å². The number of aromatic hydroxyl groups is 1. The highest BCUT2D eigenvalue weighted by atomic mass is 19.1. The van der Waals surface area contributed by atoms with Gasteiger partial charge in [-0.1, -0.05) is 24.3 Å². The highest BCUT2D eigenvalue weighted by molar-refractivity contribution is 6.04. The Morgan fingerprint density at radius 3 is 2.80 bits per heavy atom. The summed E-state index contributed by atoms with van der Waals surface area (Å²) in [6.07, 6.45) is 1.23. The maximum absolute atomic E-state index is 14.1. The summed E-state index contributed by atoms with van der Waals surface area (Å²) in [7, 11) is 0. The molecule has 6 heteroatoms. The van der Waals surface area contributed by atoms with Crippen LogP contribution in [0, 0.1) is 5.82 Å². The van der Waals surface area contributed by atoms with Crippen LogP contribution in [0.2, 0.25) is 0 Å². The molecule has 3 heterocycles. The van der Waals surface area contributed by atoms with Gasteiger partial charge in [0.1, 0.15) is 17.3 Å². The van der Waals surface area contributed by atoms with Gasteiger partial charge in [-0.3, -0.25) is 0 Å². The van der Waals surface area contributed by atoms with Gasteiger partial charge in [0.15, 0.2) is 5.88 Å². The molecule has 0 unspecified atom stereocenters. The van der Waals surface area contributed by atoms with Crippen LogP contribution in [0.4, 0.5) is 10.1 Å². The van der Waals surface area contributed by atoms with Crippen molar-refractivity contribution in [3.05, 3.63) is 59.5 Å².